The summed E-state index contributed by atoms with van der Waals surface area (Å²) in [4.78, 5) is 16.6. The van der Waals surface area contributed by atoms with Crippen LogP contribution in [0.3, 0.4) is 0 Å². The van der Waals surface area contributed by atoms with Gasteiger partial charge in [-0.3, -0.25) is 0 Å². The lowest BCUT2D eigenvalue weighted by Gasteiger charge is -2.28. The second-order valence-corrected chi connectivity index (χ2v) is 7.21. The zero-order chi connectivity index (χ0) is 16.9. The van der Waals surface area contributed by atoms with Crippen LogP contribution in [0, 0.1) is 5.92 Å². The predicted octanol–water partition coefficient (Wildman–Crippen LogP) is 2.64. The van der Waals surface area contributed by atoms with Gasteiger partial charge in [-0.1, -0.05) is 18.0 Å². The summed E-state index contributed by atoms with van der Waals surface area (Å²) in [6.07, 6.45) is 8.46. The van der Waals surface area contributed by atoms with Crippen LogP contribution in [0.4, 0.5) is 4.79 Å². The minimum Gasteiger partial charge on any atom is -0.396 e. The van der Waals surface area contributed by atoms with E-state index in [1.165, 1.54) is 12.8 Å². The molecule has 2 amide bonds. The van der Waals surface area contributed by atoms with Gasteiger partial charge in [0.2, 0.25) is 5.89 Å². The third-order valence-electron chi connectivity index (χ3n) is 5.34. The first-order valence-electron chi connectivity index (χ1n) is 9.17. The van der Waals surface area contributed by atoms with Crippen molar-refractivity contribution < 1.29 is 14.4 Å². The van der Waals surface area contributed by atoms with Crippen LogP contribution in [-0.2, 0) is 0 Å². The van der Waals surface area contributed by atoms with Crippen LogP contribution in [0.15, 0.2) is 4.52 Å². The first kappa shape index (κ1) is 17.2. The quantitative estimate of drug-likeness (QED) is 0.767. The molecule has 0 bridgehead atoms. The van der Waals surface area contributed by atoms with E-state index in [1.807, 2.05) is 6.92 Å². The minimum atomic E-state index is -0.304. The summed E-state index contributed by atoms with van der Waals surface area (Å²) in [5, 5.41) is 19.1. The second-order valence-electron chi connectivity index (χ2n) is 7.21. The van der Waals surface area contributed by atoms with Gasteiger partial charge in [0, 0.05) is 18.6 Å². The highest BCUT2D eigenvalue weighted by molar-refractivity contribution is 5.74. The van der Waals surface area contributed by atoms with Gasteiger partial charge < -0.3 is 20.3 Å². The van der Waals surface area contributed by atoms with Crippen molar-refractivity contribution in [3.63, 3.8) is 0 Å². The van der Waals surface area contributed by atoms with Crippen LogP contribution in [0.1, 0.15) is 82.0 Å². The Labute approximate surface area is 142 Å². The van der Waals surface area contributed by atoms with E-state index in [-0.39, 0.29) is 24.7 Å². The number of nitrogens with one attached hydrogen (secondary N) is 2. The Morgan fingerprint density at radius 3 is 2.62 bits per heavy atom. The molecule has 3 N–H and O–H groups in total. The lowest BCUT2D eigenvalue weighted by atomic mass is 9.87. The largest absolute Gasteiger partial charge is 0.396 e. The number of rotatable bonds is 5. The van der Waals surface area contributed by atoms with E-state index in [2.05, 4.69) is 20.8 Å². The fourth-order valence-corrected chi connectivity index (χ4v) is 3.75. The normalized spacial score (nSPS) is 26.2. The standard InChI is InChI=1S/C17H28N4O3/c1-11(16-20-15(21-24-16)13-4-2-3-5-13)18-17(23)19-14-8-6-12(10-22)7-9-14/h11-14,22H,2-10H2,1H3,(H2,18,19,23). The topological polar surface area (TPSA) is 100 Å². The van der Waals surface area contributed by atoms with Crippen LogP contribution < -0.4 is 10.6 Å². The number of amides is 2. The molecule has 1 unspecified atom stereocenters. The first-order valence-corrected chi connectivity index (χ1v) is 9.17. The maximum atomic E-state index is 12.1. The second kappa shape index (κ2) is 7.96. The molecular formula is C17H28N4O3. The fourth-order valence-electron chi connectivity index (χ4n) is 3.75. The van der Waals surface area contributed by atoms with Crippen molar-refractivity contribution in [2.24, 2.45) is 5.92 Å². The van der Waals surface area contributed by atoms with Crippen LogP contribution >= 0.6 is 0 Å². The molecule has 2 aliphatic rings. The molecule has 0 aliphatic heterocycles. The van der Waals surface area contributed by atoms with E-state index in [1.54, 1.807) is 0 Å². The third kappa shape index (κ3) is 4.26. The molecule has 24 heavy (non-hydrogen) atoms. The first-order chi connectivity index (χ1) is 11.7. The average Bonchev–Trinajstić information content (AvgIpc) is 3.26. The lowest BCUT2D eigenvalue weighted by Crippen LogP contribution is -2.44. The zero-order valence-electron chi connectivity index (χ0n) is 14.3. The van der Waals surface area contributed by atoms with Gasteiger partial charge in [0.05, 0.1) is 0 Å². The molecule has 0 aromatic carbocycles. The molecule has 1 heterocycles. The van der Waals surface area contributed by atoms with Crippen molar-refractivity contribution in [2.75, 3.05) is 6.61 Å². The Bertz CT molecular complexity index is 534. The molecule has 7 nitrogen and oxygen atoms in total. The fraction of sp³-hybridized carbons (Fsp3) is 0.824. The summed E-state index contributed by atoms with van der Waals surface area (Å²) in [7, 11) is 0. The predicted molar refractivity (Wildman–Crippen MR) is 88.4 cm³/mol. The van der Waals surface area contributed by atoms with E-state index in [9.17, 15) is 4.79 Å². The number of urea groups is 1. The van der Waals surface area contributed by atoms with Crippen molar-refractivity contribution >= 4 is 6.03 Å². The van der Waals surface area contributed by atoms with E-state index < -0.39 is 0 Å². The highest BCUT2D eigenvalue weighted by atomic mass is 16.5. The van der Waals surface area contributed by atoms with Gasteiger partial charge in [0.25, 0.3) is 0 Å². The summed E-state index contributed by atoms with van der Waals surface area (Å²) in [5.74, 6) is 2.04. The van der Waals surface area contributed by atoms with Gasteiger partial charge in [-0.25, -0.2) is 4.79 Å². The highest BCUT2D eigenvalue weighted by Crippen LogP contribution is 2.32. The third-order valence-corrected chi connectivity index (χ3v) is 5.34. The van der Waals surface area contributed by atoms with Gasteiger partial charge in [-0.05, 0) is 51.4 Å². The molecule has 2 saturated carbocycles. The Morgan fingerprint density at radius 1 is 1.25 bits per heavy atom. The Kier molecular flexibility index (Phi) is 5.71. The summed E-state index contributed by atoms with van der Waals surface area (Å²) in [5.41, 5.74) is 0. The Hall–Kier alpha value is -1.63. The zero-order valence-corrected chi connectivity index (χ0v) is 14.3. The monoisotopic (exact) mass is 336 g/mol. The highest BCUT2D eigenvalue weighted by Gasteiger charge is 2.26. The van der Waals surface area contributed by atoms with E-state index in [0.29, 0.717) is 17.7 Å². The SMILES string of the molecule is CC(NC(=O)NC1CCC(CO)CC1)c1nc(C2CCCC2)no1. The number of carbonyl (C=O) groups is 1. The van der Waals surface area contributed by atoms with Crippen molar-refractivity contribution in [1.82, 2.24) is 20.8 Å². The number of carbonyl (C=O) groups excluding carboxylic acids is 1. The molecule has 0 radical (unpaired) electrons. The average molecular weight is 336 g/mol. The van der Waals surface area contributed by atoms with Gasteiger partial charge in [-0.15, -0.1) is 0 Å². The summed E-state index contributed by atoms with van der Waals surface area (Å²) >= 11 is 0. The van der Waals surface area contributed by atoms with Gasteiger partial charge >= 0.3 is 6.03 Å². The van der Waals surface area contributed by atoms with Gasteiger partial charge in [-0.2, -0.15) is 4.98 Å². The van der Waals surface area contributed by atoms with Crippen LogP contribution in [-0.4, -0.2) is 33.9 Å². The number of aliphatic hydroxyl groups excluding tert-OH is 1. The van der Waals surface area contributed by atoms with Crippen molar-refractivity contribution in [1.29, 1.82) is 0 Å². The van der Waals surface area contributed by atoms with Crippen molar-refractivity contribution in [3.8, 4) is 0 Å². The Morgan fingerprint density at radius 2 is 1.96 bits per heavy atom. The van der Waals surface area contributed by atoms with Crippen LogP contribution in [0.2, 0.25) is 0 Å². The van der Waals surface area contributed by atoms with Crippen molar-refractivity contribution in [2.45, 2.75) is 76.3 Å². The molecule has 1 aromatic rings. The molecule has 134 valence electrons. The van der Waals surface area contributed by atoms with Crippen LogP contribution in [0.5, 0.6) is 0 Å². The minimum absolute atomic E-state index is 0.178. The number of hydrogen-bond acceptors (Lipinski definition) is 5. The molecule has 7 heteroatoms. The molecule has 2 fully saturated rings. The maximum Gasteiger partial charge on any atom is 0.315 e. The molecular weight excluding hydrogens is 308 g/mol. The maximum absolute atomic E-state index is 12.1. The molecule has 1 aromatic heterocycles. The molecule has 3 rings (SSSR count). The molecule has 2 aliphatic carbocycles. The molecule has 1 atom stereocenters. The van der Waals surface area contributed by atoms with Gasteiger partial charge in [0.1, 0.15) is 6.04 Å². The molecule has 0 saturated heterocycles. The lowest BCUT2D eigenvalue weighted by molar-refractivity contribution is 0.174. The smallest absolute Gasteiger partial charge is 0.315 e. The number of hydrogen-bond donors (Lipinski definition) is 3. The molecule has 0 spiro atoms. The number of nitrogens with zero attached hydrogens (tertiary/aromatic N) is 2. The summed E-state index contributed by atoms with van der Waals surface area (Å²) in [6, 6.07) is -0.325. The van der Waals surface area contributed by atoms with E-state index in [0.717, 1.165) is 44.3 Å². The van der Waals surface area contributed by atoms with Crippen molar-refractivity contribution in [3.05, 3.63) is 11.7 Å². The summed E-state index contributed by atoms with van der Waals surface area (Å²) in [6.45, 7) is 2.10. The Balaban J connectivity index is 1.46. The number of aromatic nitrogens is 2. The van der Waals surface area contributed by atoms with Gasteiger partial charge in [0.15, 0.2) is 5.82 Å². The van der Waals surface area contributed by atoms with E-state index in [4.69, 9.17) is 9.63 Å². The summed E-state index contributed by atoms with van der Waals surface area (Å²) < 4.78 is 5.33. The van der Waals surface area contributed by atoms with E-state index >= 15 is 0 Å². The van der Waals surface area contributed by atoms with Crippen LogP contribution in [0.25, 0.3) is 0 Å². The number of aliphatic hydroxyl groups is 1.